The molecule has 1 heterocycles. The largest absolute Gasteiger partial charge is 0.352 e. The fourth-order valence-corrected chi connectivity index (χ4v) is 4.21. The minimum atomic E-state index is 0. The van der Waals surface area contributed by atoms with Gasteiger partial charge in [0.2, 0.25) is 5.91 Å². The van der Waals surface area contributed by atoms with Crippen LogP contribution in [0.25, 0.3) is 0 Å². The summed E-state index contributed by atoms with van der Waals surface area (Å²) in [7, 11) is 0. The van der Waals surface area contributed by atoms with E-state index in [1.807, 2.05) is 0 Å². The Morgan fingerprint density at radius 1 is 1.00 bits per heavy atom. The lowest BCUT2D eigenvalue weighted by atomic mass is 9.85. The third-order valence-corrected chi connectivity index (χ3v) is 5.75. The molecular formula is C21H35Cl2N3O. The van der Waals surface area contributed by atoms with Gasteiger partial charge in [-0.2, -0.15) is 0 Å². The van der Waals surface area contributed by atoms with Crippen LogP contribution in [0.15, 0.2) is 24.3 Å². The molecule has 1 aromatic rings. The van der Waals surface area contributed by atoms with Crippen molar-refractivity contribution in [2.45, 2.75) is 70.5 Å². The summed E-state index contributed by atoms with van der Waals surface area (Å²) in [4.78, 5) is 15.0. The van der Waals surface area contributed by atoms with Gasteiger partial charge in [-0.05, 0) is 56.3 Å². The van der Waals surface area contributed by atoms with Gasteiger partial charge in [0.15, 0.2) is 0 Å². The SMILES string of the molecule is Cl.Cl.NC1CCCC(C(=O)NCc2ccccc2CN2CCCCCC2)C1. The first-order valence-corrected chi connectivity index (χ1v) is 10.0. The lowest BCUT2D eigenvalue weighted by molar-refractivity contribution is -0.126. The van der Waals surface area contributed by atoms with Gasteiger partial charge in [-0.3, -0.25) is 9.69 Å². The van der Waals surface area contributed by atoms with E-state index in [0.717, 1.165) is 32.2 Å². The van der Waals surface area contributed by atoms with Gasteiger partial charge in [0, 0.05) is 25.0 Å². The van der Waals surface area contributed by atoms with Crippen LogP contribution in [0.3, 0.4) is 0 Å². The molecule has 1 aromatic carbocycles. The average molecular weight is 416 g/mol. The van der Waals surface area contributed by atoms with Crippen LogP contribution in [0, 0.1) is 5.92 Å². The molecule has 4 nitrogen and oxygen atoms in total. The van der Waals surface area contributed by atoms with E-state index >= 15 is 0 Å². The Kier molecular flexibility index (Phi) is 11.3. The molecule has 27 heavy (non-hydrogen) atoms. The number of rotatable bonds is 5. The monoisotopic (exact) mass is 415 g/mol. The van der Waals surface area contributed by atoms with Gasteiger partial charge in [-0.1, -0.05) is 43.5 Å². The second kappa shape index (κ2) is 12.6. The number of nitrogens with two attached hydrogens (primary N) is 1. The fraction of sp³-hybridized carbons (Fsp3) is 0.667. The predicted molar refractivity (Wildman–Crippen MR) is 116 cm³/mol. The standard InChI is InChI=1S/C21H33N3O.2ClH/c22-20-11-7-10-17(14-20)21(25)23-15-18-8-3-4-9-19(18)16-24-12-5-1-2-6-13-24;;/h3-4,8-9,17,20H,1-2,5-7,10-16,22H2,(H,23,25);2*1H. The lowest BCUT2D eigenvalue weighted by Crippen LogP contribution is -2.37. The molecule has 0 radical (unpaired) electrons. The highest BCUT2D eigenvalue weighted by atomic mass is 35.5. The number of benzene rings is 1. The van der Waals surface area contributed by atoms with Crippen molar-refractivity contribution in [3.63, 3.8) is 0 Å². The Labute approximate surface area is 176 Å². The summed E-state index contributed by atoms with van der Waals surface area (Å²) < 4.78 is 0. The van der Waals surface area contributed by atoms with E-state index in [4.69, 9.17) is 5.73 Å². The maximum absolute atomic E-state index is 12.5. The van der Waals surface area contributed by atoms with E-state index in [9.17, 15) is 4.79 Å². The predicted octanol–water partition coefficient (Wildman–Crippen LogP) is 4.04. The molecule has 1 amide bonds. The average Bonchev–Trinajstić information content (AvgIpc) is 2.89. The number of likely N-dealkylation sites (tertiary alicyclic amines) is 1. The Morgan fingerprint density at radius 3 is 2.33 bits per heavy atom. The van der Waals surface area contributed by atoms with Crippen LogP contribution in [0.4, 0.5) is 0 Å². The van der Waals surface area contributed by atoms with Crippen LogP contribution in [0.2, 0.25) is 0 Å². The maximum atomic E-state index is 12.5. The molecule has 2 atom stereocenters. The highest BCUT2D eigenvalue weighted by Crippen LogP contribution is 2.23. The van der Waals surface area contributed by atoms with Crippen LogP contribution < -0.4 is 11.1 Å². The molecule has 154 valence electrons. The van der Waals surface area contributed by atoms with Gasteiger partial charge in [0.05, 0.1) is 0 Å². The topological polar surface area (TPSA) is 58.4 Å². The van der Waals surface area contributed by atoms with E-state index in [1.54, 1.807) is 0 Å². The van der Waals surface area contributed by atoms with Crippen molar-refractivity contribution in [3.05, 3.63) is 35.4 Å². The molecule has 1 aliphatic heterocycles. The zero-order chi connectivity index (χ0) is 17.5. The number of hydrogen-bond acceptors (Lipinski definition) is 3. The van der Waals surface area contributed by atoms with Gasteiger partial charge in [0.25, 0.3) is 0 Å². The van der Waals surface area contributed by atoms with E-state index in [0.29, 0.717) is 6.54 Å². The summed E-state index contributed by atoms with van der Waals surface area (Å²) in [5.74, 6) is 0.279. The highest BCUT2D eigenvalue weighted by molar-refractivity contribution is 5.85. The molecule has 6 heteroatoms. The van der Waals surface area contributed by atoms with Crippen LogP contribution in [-0.2, 0) is 17.9 Å². The van der Waals surface area contributed by atoms with Gasteiger partial charge in [-0.25, -0.2) is 0 Å². The first-order valence-electron chi connectivity index (χ1n) is 10.0. The molecule has 3 rings (SSSR count). The molecule has 0 bridgehead atoms. The number of hydrogen-bond donors (Lipinski definition) is 2. The minimum absolute atomic E-state index is 0. The normalized spacial score (nSPS) is 23.4. The number of amides is 1. The first-order chi connectivity index (χ1) is 12.2. The molecule has 2 fully saturated rings. The molecular weight excluding hydrogens is 381 g/mol. The highest BCUT2D eigenvalue weighted by Gasteiger charge is 2.25. The van der Waals surface area contributed by atoms with Crippen molar-refractivity contribution in [3.8, 4) is 0 Å². The minimum Gasteiger partial charge on any atom is -0.352 e. The second-order valence-corrected chi connectivity index (χ2v) is 7.80. The third-order valence-electron chi connectivity index (χ3n) is 5.75. The van der Waals surface area contributed by atoms with Crippen molar-refractivity contribution in [1.29, 1.82) is 0 Å². The quantitative estimate of drug-likeness (QED) is 0.762. The molecule has 0 aromatic heterocycles. The Morgan fingerprint density at radius 2 is 1.67 bits per heavy atom. The van der Waals surface area contributed by atoms with Gasteiger partial charge in [0.1, 0.15) is 0 Å². The van der Waals surface area contributed by atoms with Crippen LogP contribution in [-0.4, -0.2) is 29.9 Å². The third kappa shape index (κ3) is 7.61. The molecule has 3 N–H and O–H groups in total. The fourth-order valence-electron chi connectivity index (χ4n) is 4.21. The number of carbonyl (C=O) groups is 1. The van der Waals surface area contributed by atoms with Crippen molar-refractivity contribution >= 4 is 30.7 Å². The zero-order valence-electron chi connectivity index (χ0n) is 16.2. The number of nitrogens with zero attached hydrogens (tertiary/aromatic N) is 1. The summed E-state index contributed by atoms with van der Waals surface area (Å²) in [5.41, 5.74) is 8.63. The zero-order valence-corrected chi connectivity index (χ0v) is 17.8. The molecule has 1 saturated heterocycles. The van der Waals surface area contributed by atoms with Crippen LogP contribution in [0.1, 0.15) is 62.5 Å². The lowest BCUT2D eigenvalue weighted by Gasteiger charge is -2.26. The second-order valence-electron chi connectivity index (χ2n) is 7.80. The molecule has 0 spiro atoms. The number of carbonyl (C=O) groups excluding carboxylic acids is 1. The number of nitrogens with one attached hydrogen (secondary N) is 1. The van der Waals surface area contributed by atoms with E-state index < -0.39 is 0 Å². The smallest absolute Gasteiger partial charge is 0.223 e. The number of halogens is 2. The molecule has 1 aliphatic carbocycles. The van der Waals surface area contributed by atoms with E-state index in [2.05, 4.69) is 34.5 Å². The molecule has 2 unspecified atom stereocenters. The molecule has 1 saturated carbocycles. The Balaban J connectivity index is 0.00000182. The first kappa shape index (κ1) is 24.2. The van der Waals surface area contributed by atoms with Gasteiger partial charge < -0.3 is 11.1 Å². The van der Waals surface area contributed by atoms with Crippen molar-refractivity contribution < 1.29 is 4.79 Å². The van der Waals surface area contributed by atoms with Crippen molar-refractivity contribution in [2.24, 2.45) is 11.7 Å². The summed E-state index contributed by atoms with van der Waals surface area (Å²) >= 11 is 0. The maximum Gasteiger partial charge on any atom is 0.223 e. The molecule has 2 aliphatic rings. The van der Waals surface area contributed by atoms with Crippen LogP contribution in [0.5, 0.6) is 0 Å². The Bertz CT molecular complexity index is 562. The van der Waals surface area contributed by atoms with E-state index in [-0.39, 0.29) is 42.7 Å². The van der Waals surface area contributed by atoms with Crippen molar-refractivity contribution in [1.82, 2.24) is 10.2 Å². The van der Waals surface area contributed by atoms with Gasteiger partial charge >= 0.3 is 0 Å². The summed E-state index contributed by atoms with van der Waals surface area (Å²) in [6.07, 6.45) is 9.28. The summed E-state index contributed by atoms with van der Waals surface area (Å²) in [5, 5.41) is 3.17. The van der Waals surface area contributed by atoms with E-state index in [1.165, 1.54) is 49.9 Å². The van der Waals surface area contributed by atoms with Gasteiger partial charge in [-0.15, -0.1) is 24.8 Å². The van der Waals surface area contributed by atoms with Crippen LogP contribution >= 0.6 is 24.8 Å². The Hall–Kier alpha value is -0.810. The summed E-state index contributed by atoms with van der Waals surface area (Å²) in [6, 6.07) is 8.74. The summed E-state index contributed by atoms with van der Waals surface area (Å²) in [6.45, 7) is 4.02. The van der Waals surface area contributed by atoms with Crippen molar-refractivity contribution in [2.75, 3.05) is 13.1 Å².